The van der Waals surface area contributed by atoms with Crippen LogP contribution in [0.5, 0.6) is 0 Å². The van der Waals surface area contributed by atoms with Crippen LogP contribution in [0.25, 0.3) is 0 Å². The fraction of sp³-hybridized carbons (Fsp3) is 0.786. The van der Waals surface area contributed by atoms with E-state index in [0.717, 1.165) is 38.0 Å². The van der Waals surface area contributed by atoms with E-state index in [-0.39, 0.29) is 5.92 Å². The standard InChI is InChI=1S/C24H37N5O7.C4H8/c1-14(18(30)19(25)31)26-20(32)16-10-7-13-29(16)21(33)17(15-8-3-2-4-9-15)27-23(36)28-24(22(34)35)11-5-6-12-24;1-4-2-3-4/h14-17H,2-13H2,1H3,(H2,25,31)(H,26,32)(H,34,35)(H2,27,28,36);4H,2-3H2,1H3/t14?,16-,17?;/m0./s1. The van der Waals surface area contributed by atoms with Gasteiger partial charge in [-0.1, -0.05) is 51.9 Å². The van der Waals surface area contributed by atoms with Crippen molar-refractivity contribution < 1.29 is 33.9 Å². The number of carbonyl (C=O) groups excluding carboxylic acids is 5. The lowest BCUT2D eigenvalue weighted by Crippen LogP contribution is -2.61. The number of primary amides is 1. The molecule has 0 aromatic heterocycles. The predicted octanol–water partition coefficient (Wildman–Crippen LogP) is 1.60. The van der Waals surface area contributed by atoms with Crippen molar-refractivity contribution in [1.82, 2.24) is 20.9 Å². The van der Waals surface area contributed by atoms with Crippen molar-refractivity contribution in [3.05, 3.63) is 0 Å². The highest BCUT2D eigenvalue weighted by molar-refractivity contribution is 6.37. The molecule has 12 heteroatoms. The lowest BCUT2D eigenvalue weighted by atomic mass is 9.83. The van der Waals surface area contributed by atoms with Crippen molar-refractivity contribution in [3.8, 4) is 0 Å². The Kier molecular flexibility index (Phi) is 10.9. The summed E-state index contributed by atoms with van der Waals surface area (Å²) in [6.07, 6.45) is 10.3. The molecule has 224 valence electrons. The number of nitrogens with two attached hydrogens (primary N) is 1. The fourth-order valence-electron chi connectivity index (χ4n) is 5.85. The summed E-state index contributed by atoms with van der Waals surface area (Å²) >= 11 is 0. The van der Waals surface area contributed by atoms with Crippen LogP contribution in [0, 0.1) is 11.8 Å². The van der Waals surface area contributed by atoms with E-state index in [1.807, 2.05) is 0 Å². The van der Waals surface area contributed by atoms with Crippen molar-refractivity contribution in [1.29, 1.82) is 0 Å². The Balaban J connectivity index is 0.00000101. The smallest absolute Gasteiger partial charge is 0.329 e. The number of nitrogens with one attached hydrogen (secondary N) is 3. The van der Waals surface area contributed by atoms with Gasteiger partial charge in [-0.25, -0.2) is 9.59 Å². The Labute approximate surface area is 235 Å². The number of hydrogen-bond donors (Lipinski definition) is 5. The molecule has 0 aromatic rings. The van der Waals surface area contributed by atoms with Gasteiger partial charge in [0.1, 0.15) is 17.6 Å². The van der Waals surface area contributed by atoms with Crippen LogP contribution in [0.3, 0.4) is 0 Å². The first-order valence-electron chi connectivity index (χ1n) is 14.7. The van der Waals surface area contributed by atoms with Crippen LogP contribution in [0.1, 0.15) is 97.3 Å². The summed E-state index contributed by atoms with van der Waals surface area (Å²) in [5.74, 6) is -3.20. The summed E-state index contributed by atoms with van der Waals surface area (Å²) in [6, 6.07) is -3.58. The number of rotatable bonds is 9. The Morgan fingerprint density at radius 3 is 2.00 bits per heavy atom. The number of ketones is 1. The lowest BCUT2D eigenvalue weighted by Gasteiger charge is -2.35. The highest BCUT2D eigenvalue weighted by Gasteiger charge is 2.45. The largest absolute Gasteiger partial charge is 0.480 e. The Morgan fingerprint density at radius 1 is 0.875 bits per heavy atom. The number of hydrogen-bond acceptors (Lipinski definition) is 6. The minimum absolute atomic E-state index is 0.138. The third-order valence-corrected chi connectivity index (χ3v) is 8.59. The van der Waals surface area contributed by atoms with Crippen molar-refractivity contribution in [2.45, 2.75) is 121 Å². The first-order chi connectivity index (χ1) is 18.9. The van der Waals surface area contributed by atoms with Gasteiger partial charge in [0.25, 0.3) is 5.91 Å². The van der Waals surface area contributed by atoms with Gasteiger partial charge in [-0.3, -0.25) is 19.2 Å². The third kappa shape index (κ3) is 8.17. The minimum atomic E-state index is -1.34. The molecular formula is C28H45N5O7. The minimum Gasteiger partial charge on any atom is -0.480 e. The highest BCUT2D eigenvalue weighted by Crippen LogP contribution is 2.31. The monoisotopic (exact) mass is 563 g/mol. The second-order valence-corrected chi connectivity index (χ2v) is 11.9. The van der Waals surface area contributed by atoms with Gasteiger partial charge in [0.05, 0.1) is 6.04 Å². The summed E-state index contributed by atoms with van der Waals surface area (Å²) < 4.78 is 0. The molecule has 1 saturated heterocycles. The van der Waals surface area contributed by atoms with Crippen molar-refractivity contribution in [2.24, 2.45) is 17.6 Å². The Hall–Kier alpha value is -3.18. The van der Waals surface area contributed by atoms with E-state index in [1.54, 1.807) is 0 Å². The molecule has 3 atom stereocenters. The number of carboxylic acids is 1. The number of nitrogens with zero attached hydrogens (tertiary/aromatic N) is 1. The van der Waals surface area contributed by atoms with Crippen LogP contribution in [0.15, 0.2) is 0 Å². The first kappa shape index (κ1) is 31.3. The van der Waals surface area contributed by atoms with E-state index >= 15 is 0 Å². The van der Waals surface area contributed by atoms with Crippen molar-refractivity contribution in [2.75, 3.05) is 6.54 Å². The second-order valence-electron chi connectivity index (χ2n) is 11.9. The first-order valence-corrected chi connectivity index (χ1v) is 14.7. The lowest BCUT2D eigenvalue weighted by molar-refractivity contribution is -0.144. The van der Waals surface area contributed by atoms with E-state index in [0.29, 0.717) is 45.1 Å². The van der Waals surface area contributed by atoms with E-state index in [4.69, 9.17) is 5.73 Å². The molecule has 12 nitrogen and oxygen atoms in total. The molecule has 1 heterocycles. The molecule has 6 N–H and O–H groups in total. The molecule has 40 heavy (non-hydrogen) atoms. The zero-order chi connectivity index (χ0) is 29.4. The number of aliphatic carboxylic acids is 1. The number of Topliss-reactive ketones (excluding diaryl/α,β-unsaturated/α-hetero) is 1. The Morgan fingerprint density at radius 2 is 1.48 bits per heavy atom. The van der Waals surface area contributed by atoms with Crippen LogP contribution in [-0.2, 0) is 24.0 Å². The summed E-state index contributed by atoms with van der Waals surface area (Å²) in [5.41, 5.74) is 3.67. The van der Waals surface area contributed by atoms with Crippen LogP contribution < -0.4 is 21.7 Å². The second kappa shape index (κ2) is 13.9. The molecule has 0 radical (unpaired) electrons. The van der Waals surface area contributed by atoms with Crippen LogP contribution in [0.2, 0.25) is 0 Å². The van der Waals surface area contributed by atoms with Crippen LogP contribution in [-0.4, -0.2) is 75.7 Å². The molecule has 0 spiro atoms. The number of carbonyl (C=O) groups is 6. The van der Waals surface area contributed by atoms with Gasteiger partial charge >= 0.3 is 12.0 Å². The maximum absolute atomic E-state index is 13.7. The predicted molar refractivity (Wildman–Crippen MR) is 146 cm³/mol. The molecular weight excluding hydrogens is 518 g/mol. The average Bonchev–Trinajstić information content (AvgIpc) is 3.34. The summed E-state index contributed by atoms with van der Waals surface area (Å²) in [7, 11) is 0. The van der Waals surface area contributed by atoms with Gasteiger partial charge in [0, 0.05) is 6.54 Å². The maximum atomic E-state index is 13.7. The van der Waals surface area contributed by atoms with E-state index in [2.05, 4.69) is 22.9 Å². The van der Waals surface area contributed by atoms with Gasteiger partial charge in [0.15, 0.2) is 0 Å². The van der Waals surface area contributed by atoms with Gasteiger partial charge < -0.3 is 31.7 Å². The van der Waals surface area contributed by atoms with Gasteiger partial charge in [-0.2, -0.15) is 0 Å². The van der Waals surface area contributed by atoms with Crippen molar-refractivity contribution >= 4 is 35.5 Å². The summed E-state index contributed by atoms with van der Waals surface area (Å²) in [4.78, 5) is 75.8. The summed E-state index contributed by atoms with van der Waals surface area (Å²) in [5, 5.41) is 17.5. The zero-order valence-electron chi connectivity index (χ0n) is 23.7. The van der Waals surface area contributed by atoms with Crippen LogP contribution >= 0.6 is 0 Å². The average molecular weight is 564 g/mol. The molecule has 1 aliphatic heterocycles. The SMILES string of the molecule is CC(NC(=O)[C@@H]1CCCN1C(=O)C(NC(=O)NC1(C(=O)O)CCCC1)C1CCCCC1)C(=O)C(N)=O.CC1CC1. The molecule has 0 aromatic carbocycles. The van der Waals surface area contributed by atoms with Gasteiger partial charge in [-0.15, -0.1) is 0 Å². The Bertz CT molecular complexity index is 970. The summed E-state index contributed by atoms with van der Waals surface area (Å²) in [6.45, 7) is 3.94. The molecule has 4 aliphatic rings. The maximum Gasteiger partial charge on any atom is 0.329 e. The molecule has 4 fully saturated rings. The highest BCUT2D eigenvalue weighted by atomic mass is 16.4. The van der Waals surface area contributed by atoms with Gasteiger partial charge in [0.2, 0.25) is 17.6 Å². The number of amides is 5. The molecule has 3 saturated carbocycles. The van der Waals surface area contributed by atoms with E-state index < -0.39 is 59.2 Å². The van der Waals surface area contributed by atoms with E-state index in [9.17, 15) is 33.9 Å². The molecule has 0 bridgehead atoms. The molecule has 5 amide bonds. The fourth-order valence-corrected chi connectivity index (χ4v) is 5.85. The van der Waals surface area contributed by atoms with Crippen LogP contribution in [0.4, 0.5) is 4.79 Å². The molecule has 2 unspecified atom stereocenters. The van der Waals surface area contributed by atoms with Crippen molar-refractivity contribution in [3.63, 3.8) is 0 Å². The topological polar surface area (TPSA) is 188 Å². The van der Waals surface area contributed by atoms with E-state index in [1.165, 1.54) is 24.7 Å². The molecule has 4 rings (SSSR count). The number of urea groups is 1. The molecule has 3 aliphatic carbocycles. The zero-order valence-corrected chi connectivity index (χ0v) is 23.7. The number of likely N-dealkylation sites (tertiary alicyclic amines) is 1. The van der Waals surface area contributed by atoms with Gasteiger partial charge in [-0.05, 0) is 57.3 Å². The number of carboxylic acid groups (broad SMARTS) is 1. The normalized spacial score (nSPS) is 23.6. The third-order valence-electron chi connectivity index (χ3n) is 8.59. The quantitative estimate of drug-likeness (QED) is 0.263.